The Balaban J connectivity index is 1.36. The first kappa shape index (κ1) is 25.1. The van der Waals surface area contributed by atoms with Gasteiger partial charge in [-0.2, -0.15) is 10.2 Å². The fraction of sp³-hybridized carbons (Fsp3) is 0.419. The van der Waals surface area contributed by atoms with Gasteiger partial charge in [0.25, 0.3) is 0 Å². The van der Waals surface area contributed by atoms with Gasteiger partial charge in [0.15, 0.2) is 0 Å². The largest absolute Gasteiger partial charge is 0.339 e. The fourth-order valence-corrected chi connectivity index (χ4v) is 8.85. The molecule has 1 aromatic carbocycles. The molecule has 9 nitrogen and oxygen atoms in total. The summed E-state index contributed by atoms with van der Waals surface area (Å²) in [5.41, 5.74) is 7.84. The molecule has 1 saturated heterocycles. The Bertz CT molecular complexity index is 1870. The zero-order chi connectivity index (χ0) is 28.3. The molecule has 0 atom stereocenters. The number of pyridine rings is 1. The summed E-state index contributed by atoms with van der Waals surface area (Å²) in [6.45, 7) is 8.58. The van der Waals surface area contributed by atoms with Crippen LogP contribution < -0.4 is 4.90 Å². The second-order valence-electron chi connectivity index (χ2n) is 12.5. The Hall–Kier alpha value is -3.63. The van der Waals surface area contributed by atoms with Crippen molar-refractivity contribution < 1.29 is 4.79 Å². The monoisotopic (exact) mass is 566 g/mol. The number of nitrogens with zero attached hydrogens (tertiary/aromatic N) is 7. The summed E-state index contributed by atoms with van der Waals surface area (Å²) in [4.78, 5) is 24.5. The predicted octanol–water partition coefficient (Wildman–Crippen LogP) is 5.54. The fourth-order valence-electron chi connectivity index (χ4n) is 7.75. The third-order valence-electron chi connectivity index (χ3n) is 9.50. The minimum Gasteiger partial charge on any atom is -0.339 e. The van der Waals surface area contributed by atoms with Crippen molar-refractivity contribution >= 4 is 45.5 Å². The molecule has 1 N–H and O–H groups in total. The Kier molecular flexibility index (Phi) is 5.18. The summed E-state index contributed by atoms with van der Waals surface area (Å²) in [5.74, 6) is 1.29. The van der Waals surface area contributed by atoms with Gasteiger partial charge in [0.1, 0.15) is 5.65 Å². The highest BCUT2D eigenvalue weighted by Crippen LogP contribution is 2.66. The molecule has 0 unspecified atom stereocenters. The summed E-state index contributed by atoms with van der Waals surface area (Å²) in [6.07, 6.45) is 9.61. The SMILES string of the molecule is CCSN1CC2(C1)CC1(C2)C(=O)N(C)c2cnc3[nH]c(-c4cnn(C(C)C)c4)c(-c4ccc5c(cnn5C)c4)c3c21. The van der Waals surface area contributed by atoms with Crippen molar-refractivity contribution in [3.8, 4) is 22.4 Å². The average molecular weight is 567 g/mol. The first-order valence-electron chi connectivity index (χ1n) is 14.4. The lowest BCUT2D eigenvalue weighted by atomic mass is 9.48. The first-order valence-corrected chi connectivity index (χ1v) is 15.4. The summed E-state index contributed by atoms with van der Waals surface area (Å²) in [7, 11) is 3.88. The van der Waals surface area contributed by atoms with Crippen LogP contribution in [0.2, 0.25) is 0 Å². The lowest BCUT2D eigenvalue weighted by Crippen LogP contribution is -2.67. The maximum atomic E-state index is 14.1. The van der Waals surface area contributed by atoms with Crippen molar-refractivity contribution in [2.24, 2.45) is 12.5 Å². The van der Waals surface area contributed by atoms with E-state index in [1.54, 1.807) is 0 Å². The number of aromatic amines is 1. The lowest BCUT2D eigenvalue weighted by molar-refractivity contribution is -0.139. The topological polar surface area (TPSA) is 87.9 Å². The zero-order valence-corrected chi connectivity index (χ0v) is 24.9. The minimum atomic E-state index is -0.511. The van der Waals surface area contributed by atoms with Crippen LogP contribution in [0.3, 0.4) is 0 Å². The van der Waals surface area contributed by atoms with Gasteiger partial charge in [0.2, 0.25) is 5.91 Å². The highest BCUT2D eigenvalue weighted by atomic mass is 32.2. The van der Waals surface area contributed by atoms with Crippen LogP contribution in [0.25, 0.3) is 44.3 Å². The maximum absolute atomic E-state index is 14.1. The molecule has 210 valence electrons. The standard InChI is InChI=1S/C31H34N8OS/c1-6-41-38-16-30(17-38)14-31(15-30)26-23(36(4)29(31)40)12-32-28-25(26)24(19-7-8-22-20(9-19)10-33-37(22)5)27(35-28)21-11-34-39(13-21)18(2)3/h7-13,18H,6,14-17H2,1-5H3,(H,32,35). The molecule has 2 spiro atoms. The van der Waals surface area contributed by atoms with Crippen molar-refractivity contribution in [2.45, 2.75) is 45.1 Å². The zero-order valence-electron chi connectivity index (χ0n) is 24.1. The molecule has 2 aliphatic heterocycles. The number of amides is 1. The number of aromatic nitrogens is 6. The number of aryl methyl sites for hydroxylation is 1. The van der Waals surface area contributed by atoms with Crippen molar-refractivity contribution in [1.82, 2.24) is 33.8 Å². The van der Waals surface area contributed by atoms with Crippen LogP contribution in [0.1, 0.15) is 45.2 Å². The predicted molar refractivity (Wildman–Crippen MR) is 164 cm³/mol. The van der Waals surface area contributed by atoms with E-state index in [9.17, 15) is 4.79 Å². The molecule has 3 aliphatic rings. The Labute approximate surface area is 243 Å². The number of H-pyrrole nitrogens is 1. The van der Waals surface area contributed by atoms with Gasteiger partial charge in [-0.3, -0.25) is 14.2 Å². The van der Waals surface area contributed by atoms with Gasteiger partial charge in [-0.1, -0.05) is 24.9 Å². The smallest absolute Gasteiger partial charge is 0.237 e. The second-order valence-corrected chi connectivity index (χ2v) is 13.8. The van der Waals surface area contributed by atoms with E-state index in [0.29, 0.717) is 0 Å². The van der Waals surface area contributed by atoms with Gasteiger partial charge < -0.3 is 9.88 Å². The summed E-state index contributed by atoms with van der Waals surface area (Å²) < 4.78 is 6.34. The normalized spacial score (nSPS) is 19.2. The Morgan fingerprint density at radius 3 is 2.61 bits per heavy atom. The van der Waals surface area contributed by atoms with Gasteiger partial charge in [-0.05, 0) is 44.4 Å². The number of fused-ring (bicyclic) bond motifs is 5. The van der Waals surface area contributed by atoms with Gasteiger partial charge in [-0.15, -0.1) is 0 Å². The highest BCUT2D eigenvalue weighted by molar-refractivity contribution is 7.97. The molecule has 6 heterocycles. The number of likely N-dealkylation sites (N-methyl/N-ethyl adjacent to an activating group) is 1. The summed E-state index contributed by atoms with van der Waals surface area (Å²) >= 11 is 1.91. The molecular weight excluding hydrogens is 532 g/mol. The molecule has 5 aromatic rings. The van der Waals surface area contributed by atoms with Gasteiger partial charge in [0, 0.05) is 78.1 Å². The van der Waals surface area contributed by atoms with E-state index >= 15 is 0 Å². The van der Waals surface area contributed by atoms with E-state index in [1.165, 1.54) is 0 Å². The van der Waals surface area contributed by atoms with Crippen LogP contribution in [0.15, 0.2) is 43.0 Å². The van der Waals surface area contributed by atoms with Crippen LogP contribution in [-0.4, -0.2) is 65.6 Å². The quantitative estimate of drug-likeness (QED) is 0.281. The molecule has 8 rings (SSSR count). The minimum absolute atomic E-state index is 0.207. The molecule has 0 bridgehead atoms. The van der Waals surface area contributed by atoms with E-state index in [-0.39, 0.29) is 17.4 Å². The molecule has 41 heavy (non-hydrogen) atoms. The van der Waals surface area contributed by atoms with Gasteiger partial charge in [-0.25, -0.2) is 9.29 Å². The lowest BCUT2D eigenvalue weighted by Gasteiger charge is -2.62. The van der Waals surface area contributed by atoms with Crippen LogP contribution in [-0.2, 0) is 17.3 Å². The number of carbonyl (C=O) groups excluding carboxylic acids is 1. The van der Waals surface area contributed by atoms with Crippen LogP contribution in [0.4, 0.5) is 5.69 Å². The molecule has 2 fully saturated rings. The van der Waals surface area contributed by atoms with E-state index in [0.717, 1.165) is 87.3 Å². The molecule has 10 heteroatoms. The van der Waals surface area contributed by atoms with E-state index in [4.69, 9.17) is 4.98 Å². The highest BCUT2D eigenvalue weighted by Gasteiger charge is 2.67. The van der Waals surface area contributed by atoms with Crippen LogP contribution in [0, 0.1) is 5.41 Å². The number of hydrogen-bond acceptors (Lipinski definition) is 6. The maximum Gasteiger partial charge on any atom is 0.237 e. The van der Waals surface area contributed by atoms with Gasteiger partial charge in [0.05, 0.1) is 40.9 Å². The van der Waals surface area contributed by atoms with Crippen molar-refractivity contribution in [3.63, 3.8) is 0 Å². The number of carbonyl (C=O) groups is 1. The van der Waals surface area contributed by atoms with Crippen molar-refractivity contribution in [3.05, 3.63) is 48.5 Å². The van der Waals surface area contributed by atoms with Crippen molar-refractivity contribution in [2.75, 3.05) is 30.8 Å². The molecule has 4 aromatic heterocycles. The molecule has 1 amide bonds. The number of hydrogen-bond donors (Lipinski definition) is 1. The summed E-state index contributed by atoms with van der Waals surface area (Å²) in [5, 5.41) is 11.3. The molecule has 1 aliphatic carbocycles. The van der Waals surface area contributed by atoms with Crippen LogP contribution in [0.5, 0.6) is 0 Å². The third-order valence-corrected chi connectivity index (χ3v) is 10.4. The third kappa shape index (κ3) is 3.34. The van der Waals surface area contributed by atoms with E-state index in [2.05, 4.69) is 64.7 Å². The Morgan fingerprint density at radius 2 is 1.88 bits per heavy atom. The molecule has 1 saturated carbocycles. The van der Waals surface area contributed by atoms with Crippen LogP contribution >= 0.6 is 11.9 Å². The van der Waals surface area contributed by atoms with E-state index < -0.39 is 5.41 Å². The van der Waals surface area contributed by atoms with Crippen molar-refractivity contribution in [1.29, 1.82) is 0 Å². The number of nitrogens with one attached hydrogen (secondary N) is 1. The number of anilines is 1. The number of rotatable bonds is 5. The number of benzene rings is 1. The second kappa shape index (κ2) is 8.45. The Morgan fingerprint density at radius 1 is 1.07 bits per heavy atom. The molecule has 0 radical (unpaired) electrons. The first-order chi connectivity index (χ1) is 19.7. The van der Waals surface area contributed by atoms with Gasteiger partial charge >= 0.3 is 0 Å². The average Bonchev–Trinajstić information content (AvgIpc) is 3.68. The summed E-state index contributed by atoms with van der Waals surface area (Å²) in [6, 6.07) is 6.76. The van der Waals surface area contributed by atoms with E-state index in [1.807, 2.05) is 58.9 Å². The molecular formula is C31H34N8OS.